The summed E-state index contributed by atoms with van der Waals surface area (Å²) in [5.41, 5.74) is 0. The number of ether oxygens (including phenoxy) is 1. The minimum Gasteiger partial charge on any atom is -0.491 e. The molecular formula is C14H19FN2O3. The number of β-amino-alcohol motifs (C(OH)–C–C–N with tert-alkyl or cyclic N) is 1. The molecule has 0 aromatic heterocycles. The molecule has 0 bridgehead atoms. The van der Waals surface area contributed by atoms with E-state index in [2.05, 4.69) is 5.32 Å². The number of rotatable bonds is 5. The lowest BCUT2D eigenvalue weighted by atomic mass is 10.3. The lowest BCUT2D eigenvalue weighted by Gasteiger charge is -2.22. The van der Waals surface area contributed by atoms with Gasteiger partial charge in [-0.1, -0.05) is 0 Å². The monoisotopic (exact) mass is 282 g/mol. The van der Waals surface area contributed by atoms with Gasteiger partial charge in [-0.3, -0.25) is 9.69 Å². The van der Waals surface area contributed by atoms with Crippen LogP contribution in [-0.4, -0.2) is 54.8 Å². The zero-order chi connectivity index (χ0) is 14.4. The van der Waals surface area contributed by atoms with E-state index in [1.165, 1.54) is 24.3 Å². The number of carbonyl (C=O) groups excluding carboxylic acids is 1. The minimum absolute atomic E-state index is 0.0459. The van der Waals surface area contributed by atoms with Crippen molar-refractivity contribution in [2.75, 3.05) is 32.8 Å². The molecule has 1 unspecified atom stereocenters. The molecule has 1 aromatic carbocycles. The molecule has 1 heterocycles. The van der Waals surface area contributed by atoms with Crippen molar-refractivity contribution >= 4 is 5.91 Å². The largest absolute Gasteiger partial charge is 0.491 e. The van der Waals surface area contributed by atoms with E-state index < -0.39 is 6.10 Å². The van der Waals surface area contributed by atoms with Crippen LogP contribution >= 0.6 is 0 Å². The Bertz CT molecular complexity index is 439. The molecule has 1 aromatic rings. The summed E-state index contributed by atoms with van der Waals surface area (Å²) in [5.74, 6) is 0.252. The van der Waals surface area contributed by atoms with Crippen LogP contribution in [-0.2, 0) is 4.79 Å². The van der Waals surface area contributed by atoms with Gasteiger partial charge in [0.25, 0.3) is 0 Å². The molecule has 20 heavy (non-hydrogen) atoms. The highest BCUT2D eigenvalue weighted by Gasteiger charge is 2.16. The van der Waals surface area contributed by atoms with Crippen LogP contribution < -0.4 is 10.1 Å². The molecule has 0 saturated carbocycles. The molecule has 5 nitrogen and oxygen atoms in total. The van der Waals surface area contributed by atoms with E-state index in [-0.39, 0.29) is 18.3 Å². The summed E-state index contributed by atoms with van der Waals surface area (Å²) >= 11 is 0. The molecule has 0 aliphatic carbocycles. The zero-order valence-corrected chi connectivity index (χ0v) is 11.2. The third kappa shape index (κ3) is 4.79. The maximum absolute atomic E-state index is 12.7. The average Bonchev–Trinajstić information content (AvgIpc) is 2.63. The van der Waals surface area contributed by atoms with E-state index in [4.69, 9.17) is 4.74 Å². The van der Waals surface area contributed by atoms with Crippen LogP contribution in [0, 0.1) is 5.82 Å². The Balaban J connectivity index is 1.73. The number of nitrogens with zero attached hydrogens (tertiary/aromatic N) is 1. The summed E-state index contributed by atoms with van der Waals surface area (Å²) < 4.78 is 18.1. The third-order valence-corrected chi connectivity index (χ3v) is 3.13. The third-order valence-electron chi connectivity index (χ3n) is 3.13. The number of benzene rings is 1. The molecule has 2 N–H and O–H groups in total. The molecule has 2 rings (SSSR count). The number of nitrogens with one attached hydrogen (secondary N) is 1. The van der Waals surface area contributed by atoms with Crippen molar-refractivity contribution in [1.82, 2.24) is 10.2 Å². The normalized spacial score (nSPS) is 18.2. The minimum atomic E-state index is -0.645. The Kier molecular flexibility index (Phi) is 5.31. The van der Waals surface area contributed by atoms with Gasteiger partial charge in [-0.25, -0.2) is 4.39 Å². The number of halogens is 1. The smallest absolute Gasteiger partial charge is 0.221 e. The summed E-state index contributed by atoms with van der Waals surface area (Å²) in [5, 5.41) is 12.7. The molecule has 6 heteroatoms. The number of hydrogen-bond acceptors (Lipinski definition) is 4. The van der Waals surface area contributed by atoms with Crippen molar-refractivity contribution in [2.24, 2.45) is 0 Å². The van der Waals surface area contributed by atoms with E-state index >= 15 is 0 Å². The lowest BCUT2D eigenvalue weighted by Crippen LogP contribution is -2.37. The van der Waals surface area contributed by atoms with Gasteiger partial charge in [-0.05, 0) is 24.3 Å². The summed E-state index contributed by atoms with van der Waals surface area (Å²) in [6.07, 6.45) is -0.195. The molecule has 1 aliphatic heterocycles. The lowest BCUT2D eigenvalue weighted by molar-refractivity contribution is -0.120. The highest BCUT2D eigenvalue weighted by Crippen LogP contribution is 2.11. The van der Waals surface area contributed by atoms with Crippen LogP contribution in [0.1, 0.15) is 6.42 Å². The molecule has 0 spiro atoms. The van der Waals surface area contributed by atoms with Crippen molar-refractivity contribution < 1.29 is 19.0 Å². The summed E-state index contributed by atoms with van der Waals surface area (Å²) in [6, 6.07) is 5.68. The first-order valence-electron chi connectivity index (χ1n) is 6.69. The number of aliphatic hydroxyl groups excluding tert-OH is 1. The predicted molar refractivity (Wildman–Crippen MR) is 72.0 cm³/mol. The van der Waals surface area contributed by atoms with Crippen LogP contribution in [0.2, 0.25) is 0 Å². The second-order valence-corrected chi connectivity index (χ2v) is 4.82. The summed E-state index contributed by atoms with van der Waals surface area (Å²) in [7, 11) is 0. The molecule has 1 aliphatic rings. The predicted octanol–water partition coefficient (Wildman–Crippen LogP) is 0.387. The second-order valence-electron chi connectivity index (χ2n) is 4.82. The molecule has 0 radical (unpaired) electrons. The number of hydrogen-bond donors (Lipinski definition) is 2. The van der Waals surface area contributed by atoms with E-state index in [1.807, 2.05) is 4.90 Å². The summed E-state index contributed by atoms with van der Waals surface area (Å²) in [4.78, 5) is 13.2. The molecule has 1 fully saturated rings. The highest BCUT2D eigenvalue weighted by atomic mass is 19.1. The van der Waals surface area contributed by atoms with E-state index in [1.54, 1.807) is 0 Å². The molecule has 1 amide bonds. The standard InChI is InChI=1S/C14H19FN2O3/c15-11-1-3-13(4-2-11)20-10-12(18)9-17-7-5-14(19)16-6-8-17/h1-4,12,18H,5-10H2,(H,16,19). The Labute approximate surface area is 117 Å². The fourth-order valence-corrected chi connectivity index (χ4v) is 2.07. The molecule has 110 valence electrons. The van der Waals surface area contributed by atoms with Crippen molar-refractivity contribution in [3.05, 3.63) is 30.1 Å². The SMILES string of the molecule is O=C1CCN(CC(O)COc2ccc(F)cc2)CCN1. The van der Waals surface area contributed by atoms with Gasteiger partial charge in [-0.2, -0.15) is 0 Å². The Hall–Kier alpha value is -1.66. The van der Waals surface area contributed by atoms with Gasteiger partial charge in [0.2, 0.25) is 5.91 Å². The summed E-state index contributed by atoms with van der Waals surface area (Å²) in [6.45, 7) is 2.56. The maximum atomic E-state index is 12.7. The van der Waals surface area contributed by atoms with Crippen LogP contribution in [0.15, 0.2) is 24.3 Å². The fourth-order valence-electron chi connectivity index (χ4n) is 2.07. The maximum Gasteiger partial charge on any atom is 0.221 e. The van der Waals surface area contributed by atoms with Gasteiger partial charge < -0.3 is 15.2 Å². The van der Waals surface area contributed by atoms with Crippen LogP contribution in [0.3, 0.4) is 0 Å². The van der Waals surface area contributed by atoms with Gasteiger partial charge in [-0.15, -0.1) is 0 Å². The number of aliphatic hydroxyl groups is 1. The Morgan fingerprint density at radius 3 is 2.85 bits per heavy atom. The zero-order valence-electron chi connectivity index (χ0n) is 11.2. The number of amides is 1. The first-order valence-corrected chi connectivity index (χ1v) is 6.69. The Morgan fingerprint density at radius 2 is 2.10 bits per heavy atom. The van der Waals surface area contributed by atoms with E-state index in [9.17, 15) is 14.3 Å². The molecule has 1 saturated heterocycles. The topological polar surface area (TPSA) is 61.8 Å². The number of carbonyl (C=O) groups is 1. The average molecular weight is 282 g/mol. The van der Waals surface area contributed by atoms with E-state index in [0.29, 0.717) is 31.8 Å². The van der Waals surface area contributed by atoms with Crippen LogP contribution in [0.4, 0.5) is 4.39 Å². The van der Waals surface area contributed by atoms with Gasteiger partial charge in [0, 0.05) is 32.6 Å². The van der Waals surface area contributed by atoms with Crippen molar-refractivity contribution in [3.8, 4) is 5.75 Å². The van der Waals surface area contributed by atoms with Gasteiger partial charge in [0.15, 0.2) is 0 Å². The first kappa shape index (κ1) is 14.7. The van der Waals surface area contributed by atoms with Crippen LogP contribution in [0.25, 0.3) is 0 Å². The van der Waals surface area contributed by atoms with Crippen molar-refractivity contribution in [1.29, 1.82) is 0 Å². The van der Waals surface area contributed by atoms with Gasteiger partial charge >= 0.3 is 0 Å². The van der Waals surface area contributed by atoms with Gasteiger partial charge in [0.1, 0.15) is 24.3 Å². The van der Waals surface area contributed by atoms with Gasteiger partial charge in [0.05, 0.1) is 0 Å². The highest BCUT2D eigenvalue weighted by molar-refractivity contribution is 5.76. The first-order chi connectivity index (χ1) is 9.63. The quantitative estimate of drug-likeness (QED) is 0.820. The van der Waals surface area contributed by atoms with E-state index in [0.717, 1.165) is 6.54 Å². The van der Waals surface area contributed by atoms with Crippen molar-refractivity contribution in [2.45, 2.75) is 12.5 Å². The molecular weight excluding hydrogens is 263 g/mol. The van der Waals surface area contributed by atoms with Crippen LogP contribution in [0.5, 0.6) is 5.75 Å². The fraction of sp³-hybridized carbons (Fsp3) is 0.500. The Morgan fingerprint density at radius 1 is 1.35 bits per heavy atom. The second kappa shape index (κ2) is 7.21. The molecule has 1 atom stereocenters. The van der Waals surface area contributed by atoms with Crippen molar-refractivity contribution in [3.63, 3.8) is 0 Å².